The number of fused-ring (bicyclic) bond motifs is 1. The molecule has 3 rings (SSSR count). The molecule has 0 aliphatic heterocycles. The first kappa shape index (κ1) is 22.9. The van der Waals surface area contributed by atoms with Gasteiger partial charge < -0.3 is 24.8 Å². The van der Waals surface area contributed by atoms with Gasteiger partial charge in [-0.05, 0) is 0 Å². The Labute approximate surface area is 179 Å². The predicted molar refractivity (Wildman–Crippen MR) is 97.2 cm³/mol. The van der Waals surface area contributed by atoms with Gasteiger partial charge in [0, 0.05) is 0 Å². The van der Waals surface area contributed by atoms with Crippen molar-refractivity contribution in [2.45, 2.75) is 32.5 Å². The Morgan fingerprint density at radius 1 is 1.16 bits per heavy atom. The van der Waals surface area contributed by atoms with Crippen molar-refractivity contribution >= 4 is 16.9 Å². The van der Waals surface area contributed by atoms with E-state index in [4.69, 9.17) is 0 Å². The zero-order valence-corrected chi connectivity index (χ0v) is 19.8. The van der Waals surface area contributed by atoms with Crippen LogP contribution in [-0.2, 0) is 24.7 Å². The quantitative estimate of drug-likeness (QED) is 0.554. The molecule has 0 amide bonds. The maximum Gasteiger partial charge on any atom is -1.00 e. The smallest absolute Gasteiger partial charge is 1.00 e. The standard InChI is InChI=1S/C20H23OSi.2ClH.Zr/c1-4-16-17-9-6-5-8-15(17)14-19(16)18-10-7-11-20(18)22(2,3)13-12-21;;;/h4-9,11,21H,10,12-13H2,1-3H3;2*1H;/q;;;+2/p-2. The molecule has 2 aliphatic rings. The third-order valence-corrected chi connectivity index (χ3v) is 9.67. The van der Waals surface area contributed by atoms with Crippen molar-refractivity contribution in [3.05, 3.63) is 70.0 Å². The molecule has 25 heavy (non-hydrogen) atoms. The van der Waals surface area contributed by atoms with Crippen LogP contribution in [0.4, 0.5) is 0 Å². The van der Waals surface area contributed by atoms with Gasteiger partial charge in [0.05, 0.1) is 0 Å². The summed E-state index contributed by atoms with van der Waals surface area (Å²) in [5, 5.41) is 11.0. The van der Waals surface area contributed by atoms with Gasteiger partial charge in [-0.3, -0.25) is 0 Å². The number of rotatable bonds is 4. The van der Waals surface area contributed by atoms with Crippen LogP contribution in [0.25, 0.3) is 8.85 Å². The minimum atomic E-state index is -1.58. The zero-order valence-electron chi connectivity index (χ0n) is 14.9. The molecule has 0 radical (unpaired) electrons. The van der Waals surface area contributed by atoms with E-state index >= 15 is 0 Å². The second-order valence-corrected chi connectivity index (χ2v) is 12.9. The van der Waals surface area contributed by atoms with Crippen molar-refractivity contribution in [2.24, 2.45) is 0 Å². The molecule has 1 aromatic rings. The number of hydrogen-bond donors (Lipinski definition) is 1. The molecule has 0 atom stereocenters. The first-order valence-corrected chi connectivity index (χ1v) is 12.7. The summed E-state index contributed by atoms with van der Waals surface area (Å²) in [5.41, 5.74) is 7.19. The van der Waals surface area contributed by atoms with E-state index in [0.29, 0.717) is 6.61 Å². The summed E-state index contributed by atoms with van der Waals surface area (Å²) in [5.74, 6) is 0. The van der Waals surface area contributed by atoms with E-state index in [1.807, 2.05) is 0 Å². The van der Waals surface area contributed by atoms with E-state index in [2.05, 4.69) is 62.5 Å². The molecule has 0 heterocycles. The average Bonchev–Trinajstić information content (AvgIpc) is 3.11. The summed E-state index contributed by atoms with van der Waals surface area (Å²) in [6.45, 7) is 7.22. The summed E-state index contributed by atoms with van der Waals surface area (Å²) in [6.07, 6.45) is 7.96. The second-order valence-electron chi connectivity index (χ2n) is 6.85. The molecule has 1 aromatic carbocycles. The van der Waals surface area contributed by atoms with E-state index in [1.54, 1.807) is 0 Å². The molecule has 0 saturated carbocycles. The van der Waals surface area contributed by atoms with Crippen molar-refractivity contribution in [3.8, 4) is 0 Å². The zero-order chi connectivity index (χ0) is 16.6. The maximum absolute atomic E-state index is 9.48. The third kappa shape index (κ3) is 4.06. The summed E-state index contributed by atoms with van der Waals surface area (Å²) < 4.78 is 1.49. The number of benzene rings is 1. The molecule has 5 heteroatoms. The van der Waals surface area contributed by atoms with Crippen LogP contribution in [0.5, 0.6) is 0 Å². The van der Waals surface area contributed by atoms with Crippen molar-refractivity contribution in [1.82, 2.24) is 0 Å². The van der Waals surface area contributed by atoms with Gasteiger partial charge in [-0.2, -0.15) is 0 Å². The van der Waals surface area contributed by atoms with E-state index in [0.717, 1.165) is 12.5 Å². The van der Waals surface area contributed by atoms with Crippen LogP contribution in [0.15, 0.2) is 58.8 Å². The predicted octanol–water partition coefficient (Wildman–Crippen LogP) is -1.13. The monoisotopic (exact) mass is 467 g/mol. The van der Waals surface area contributed by atoms with Crippen LogP contribution in [0, 0.1) is 0 Å². The summed E-state index contributed by atoms with van der Waals surface area (Å²) in [6, 6.07) is 9.73. The second kappa shape index (κ2) is 9.15. The van der Waals surface area contributed by atoms with Crippen LogP contribution in [0.1, 0.15) is 24.5 Å². The van der Waals surface area contributed by atoms with Crippen LogP contribution in [0.3, 0.4) is 0 Å². The molecule has 2 aliphatic carbocycles. The van der Waals surface area contributed by atoms with Gasteiger partial charge in [0.1, 0.15) is 0 Å². The van der Waals surface area contributed by atoms with E-state index in [-0.39, 0.29) is 24.8 Å². The summed E-state index contributed by atoms with van der Waals surface area (Å²) in [7, 11) is -1.58. The fraction of sp³-hybridized carbons (Fsp3) is 0.300. The molecule has 1 N–H and O–H groups in total. The first-order valence-electron chi connectivity index (χ1n) is 8.25. The first-order chi connectivity index (χ1) is 11.0. The van der Waals surface area contributed by atoms with Crippen molar-refractivity contribution in [1.29, 1.82) is 0 Å². The number of hydrogen-bond acceptors (Lipinski definition) is 1. The van der Waals surface area contributed by atoms with Crippen LogP contribution >= 0.6 is 0 Å². The molecule has 0 unspecified atom stereocenters. The minimum absolute atomic E-state index is 0. The molecule has 0 spiro atoms. The minimum Gasteiger partial charge on any atom is -1.00 e. The number of allylic oxidation sites excluding steroid dienone is 7. The molecule has 0 saturated heterocycles. The fourth-order valence-corrected chi connectivity index (χ4v) is 7.42. The van der Waals surface area contributed by atoms with Gasteiger partial charge in [0.25, 0.3) is 0 Å². The molecule has 131 valence electrons. The van der Waals surface area contributed by atoms with Gasteiger partial charge in [-0.25, -0.2) is 0 Å². The number of halogens is 2. The molecule has 0 fully saturated rings. The van der Waals surface area contributed by atoms with E-state index in [1.165, 1.54) is 61.0 Å². The van der Waals surface area contributed by atoms with Crippen LogP contribution in [-0.4, -0.2) is 19.8 Å². The van der Waals surface area contributed by atoms with E-state index in [9.17, 15) is 5.11 Å². The Morgan fingerprint density at radius 2 is 1.80 bits per heavy atom. The number of aliphatic hydroxyl groups excluding tert-OH is 1. The summed E-state index contributed by atoms with van der Waals surface area (Å²) in [4.78, 5) is 0. The Balaban J connectivity index is 0.00000156. The van der Waals surface area contributed by atoms with Crippen molar-refractivity contribution < 1.29 is 54.6 Å². The Morgan fingerprint density at radius 3 is 2.40 bits per heavy atom. The molecular weight excluding hydrogens is 446 g/mol. The molecule has 0 aromatic heterocycles. The van der Waals surface area contributed by atoms with Crippen molar-refractivity contribution in [3.63, 3.8) is 0 Å². The maximum atomic E-state index is 9.48. The fourth-order valence-electron chi connectivity index (χ4n) is 3.74. The Hall–Kier alpha value is -0.180. The van der Waals surface area contributed by atoms with Gasteiger partial charge in [-0.1, -0.05) is 0 Å². The normalized spacial score (nSPS) is 17.8. The molecular formula is C20H23Cl2OSiZr. The summed E-state index contributed by atoms with van der Waals surface area (Å²) >= 11 is 1.48. The molecule has 0 bridgehead atoms. The molecule has 1 nitrogen and oxygen atoms in total. The van der Waals surface area contributed by atoms with Gasteiger partial charge in [0.2, 0.25) is 0 Å². The van der Waals surface area contributed by atoms with E-state index < -0.39 is 8.07 Å². The van der Waals surface area contributed by atoms with Gasteiger partial charge in [0.15, 0.2) is 0 Å². The van der Waals surface area contributed by atoms with Gasteiger partial charge >= 0.3 is 156 Å². The average molecular weight is 470 g/mol. The van der Waals surface area contributed by atoms with Gasteiger partial charge in [-0.15, -0.1) is 0 Å². The number of aliphatic hydroxyl groups is 1. The largest absolute Gasteiger partial charge is 1.00 e. The van der Waals surface area contributed by atoms with Crippen LogP contribution < -0.4 is 24.8 Å². The third-order valence-electron chi connectivity index (χ3n) is 4.99. The topological polar surface area (TPSA) is 20.2 Å². The van der Waals surface area contributed by atoms with Crippen LogP contribution in [0.2, 0.25) is 19.1 Å². The Kier molecular flexibility index (Phi) is 8.37. The van der Waals surface area contributed by atoms with Crippen molar-refractivity contribution in [2.75, 3.05) is 6.61 Å². The SMILES string of the molecule is CC=C1C(C2=C([Si](C)(C)CCO)C=CC2)=[C]([Zr+2])c2ccccc21.[Cl-].[Cl-]. The Bertz CT molecular complexity index is 776.